The van der Waals surface area contributed by atoms with Gasteiger partial charge in [-0.05, 0) is 36.8 Å². The standard InChI is InChI=1S/C13H17FN2OS/c14-12-5-4-9(15)7-11(12)13(17)16-8-10-3-1-2-6-18-10/h4-5,7,10H,1-3,6,8,15H2,(H,16,17). The number of carbonyl (C=O) groups excluding carboxylic acids is 1. The van der Waals surface area contributed by atoms with Gasteiger partial charge in [-0.15, -0.1) is 0 Å². The predicted molar refractivity (Wildman–Crippen MR) is 73.2 cm³/mol. The molecule has 1 aliphatic rings. The van der Waals surface area contributed by atoms with E-state index in [9.17, 15) is 9.18 Å². The fourth-order valence-corrected chi connectivity index (χ4v) is 3.23. The van der Waals surface area contributed by atoms with Crippen LogP contribution in [0.1, 0.15) is 29.6 Å². The Balaban J connectivity index is 1.92. The smallest absolute Gasteiger partial charge is 0.254 e. The van der Waals surface area contributed by atoms with Gasteiger partial charge in [0.15, 0.2) is 0 Å². The number of halogens is 1. The summed E-state index contributed by atoms with van der Waals surface area (Å²) < 4.78 is 13.5. The quantitative estimate of drug-likeness (QED) is 0.828. The lowest BCUT2D eigenvalue weighted by atomic mass is 10.1. The minimum atomic E-state index is -0.530. The molecular weight excluding hydrogens is 251 g/mol. The molecule has 3 N–H and O–H groups in total. The predicted octanol–water partition coefficient (Wildman–Crippen LogP) is 2.42. The second kappa shape index (κ2) is 6.09. The van der Waals surface area contributed by atoms with E-state index in [1.807, 2.05) is 11.8 Å². The van der Waals surface area contributed by atoms with E-state index in [1.165, 1.54) is 31.0 Å². The van der Waals surface area contributed by atoms with Crippen LogP contribution < -0.4 is 11.1 Å². The SMILES string of the molecule is Nc1ccc(F)c(C(=O)NCC2CCCCS2)c1. The van der Waals surface area contributed by atoms with Crippen LogP contribution in [0.15, 0.2) is 18.2 Å². The summed E-state index contributed by atoms with van der Waals surface area (Å²) in [6, 6.07) is 4.04. The maximum atomic E-state index is 13.5. The molecule has 18 heavy (non-hydrogen) atoms. The average molecular weight is 268 g/mol. The van der Waals surface area contributed by atoms with E-state index >= 15 is 0 Å². The molecule has 2 rings (SSSR count). The number of nitrogens with one attached hydrogen (secondary N) is 1. The van der Waals surface area contributed by atoms with E-state index in [4.69, 9.17) is 5.73 Å². The number of nitrogen functional groups attached to an aromatic ring is 1. The van der Waals surface area contributed by atoms with Gasteiger partial charge in [-0.25, -0.2) is 4.39 Å². The van der Waals surface area contributed by atoms with Crippen LogP contribution in [0, 0.1) is 5.82 Å². The fraction of sp³-hybridized carbons (Fsp3) is 0.462. The Bertz CT molecular complexity index is 433. The molecular formula is C13H17FN2OS. The van der Waals surface area contributed by atoms with E-state index in [0.717, 1.165) is 12.2 Å². The first kappa shape index (κ1) is 13.2. The van der Waals surface area contributed by atoms with Gasteiger partial charge >= 0.3 is 0 Å². The molecule has 1 aromatic carbocycles. The molecule has 1 heterocycles. The normalized spacial score (nSPS) is 19.5. The summed E-state index contributed by atoms with van der Waals surface area (Å²) in [5, 5.41) is 3.23. The van der Waals surface area contributed by atoms with Crippen LogP contribution in [0.4, 0.5) is 10.1 Å². The van der Waals surface area contributed by atoms with Gasteiger partial charge in [0.25, 0.3) is 5.91 Å². The molecule has 1 amide bonds. The van der Waals surface area contributed by atoms with Crippen molar-refractivity contribution in [3.05, 3.63) is 29.6 Å². The number of anilines is 1. The van der Waals surface area contributed by atoms with E-state index < -0.39 is 5.82 Å². The molecule has 1 aromatic rings. The van der Waals surface area contributed by atoms with Crippen LogP contribution >= 0.6 is 11.8 Å². The molecule has 0 aromatic heterocycles. The third-order valence-electron chi connectivity index (χ3n) is 3.00. The number of nitrogens with two attached hydrogens (primary N) is 1. The Labute approximate surface area is 110 Å². The monoisotopic (exact) mass is 268 g/mol. The Hall–Kier alpha value is -1.23. The summed E-state index contributed by atoms with van der Waals surface area (Å²) in [4.78, 5) is 11.8. The zero-order chi connectivity index (χ0) is 13.0. The first-order chi connectivity index (χ1) is 8.66. The summed E-state index contributed by atoms with van der Waals surface area (Å²) in [6.07, 6.45) is 3.57. The number of hydrogen-bond donors (Lipinski definition) is 2. The van der Waals surface area contributed by atoms with Gasteiger partial charge in [-0.3, -0.25) is 4.79 Å². The number of carbonyl (C=O) groups is 1. The molecule has 0 spiro atoms. The average Bonchev–Trinajstić information content (AvgIpc) is 2.40. The lowest BCUT2D eigenvalue weighted by molar-refractivity contribution is 0.0949. The van der Waals surface area contributed by atoms with Crippen molar-refractivity contribution in [2.45, 2.75) is 24.5 Å². The number of benzene rings is 1. The van der Waals surface area contributed by atoms with Gasteiger partial charge in [0, 0.05) is 17.5 Å². The lowest BCUT2D eigenvalue weighted by Crippen LogP contribution is -2.32. The maximum Gasteiger partial charge on any atom is 0.254 e. The van der Waals surface area contributed by atoms with Gasteiger partial charge < -0.3 is 11.1 Å². The largest absolute Gasteiger partial charge is 0.399 e. The lowest BCUT2D eigenvalue weighted by Gasteiger charge is -2.21. The highest BCUT2D eigenvalue weighted by Crippen LogP contribution is 2.24. The molecule has 98 valence electrons. The number of hydrogen-bond acceptors (Lipinski definition) is 3. The molecule has 0 saturated carbocycles. The zero-order valence-electron chi connectivity index (χ0n) is 10.1. The molecule has 0 aliphatic carbocycles. The minimum Gasteiger partial charge on any atom is -0.399 e. The van der Waals surface area contributed by atoms with Gasteiger partial charge in [0.1, 0.15) is 5.82 Å². The van der Waals surface area contributed by atoms with Crippen LogP contribution in [0.5, 0.6) is 0 Å². The van der Waals surface area contributed by atoms with Crippen molar-refractivity contribution in [2.75, 3.05) is 18.0 Å². The van der Waals surface area contributed by atoms with E-state index in [2.05, 4.69) is 5.32 Å². The van der Waals surface area contributed by atoms with Crippen molar-refractivity contribution in [3.63, 3.8) is 0 Å². The van der Waals surface area contributed by atoms with Crippen LogP contribution in [-0.4, -0.2) is 23.5 Å². The van der Waals surface area contributed by atoms with Gasteiger partial charge in [0.2, 0.25) is 0 Å². The van der Waals surface area contributed by atoms with Crippen molar-refractivity contribution in [1.82, 2.24) is 5.32 Å². The van der Waals surface area contributed by atoms with E-state index in [0.29, 0.717) is 17.5 Å². The first-order valence-corrected chi connectivity index (χ1v) is 7.16. The van der Waals surface area contributed by atoms with E-state index in [1.54, 1.807) is 0 Å². The van der Waals surface area contributed by atoms with Crippen molar-refractivity contribution in [2.24, 2.45) is 0 Å². The highest BCUT2D eigenvalue weighted by molar-refractivity contribution is 7.99. The maximum absolute atomic E-state index is 13.5. The molecule has 0 bridgehead atoms. The zero-order valence-corrected chi connectivity index (χ0v) is 10.9. The van der Waals surface area contributed by atoms with Gasteiger partial charge in [0.05, 0.1) is 5.56 Å². The Morgan fingerprint density at radius 3 is 3.06 bits per heavy atom. The Kier molecular flexibility index (Phi) is 4.47. The van der Waals surface area contributed by atoms with Gasteiger partial charge in [-0.2, -0.15) is 11.8 Å². The third kappa shape index (κ3) is 3.38. The Morgan fingerprint density at radius 1 is 1.50 bits per heavy atom. The van der Waals surface area contributed by atoms with Crippen molar-refractivity contribution < 1.29 is 9.18 Å². The van der Waals surface area contributed by atoms with Crippen molar-refractivity contribution in [1.29, 1.82) is 0 Å². The topological polar surface area (TPSA) is 55.1 Å². The second-order valence-electron chi connectivity index (χ2n) is 4.44. The Morgan fingerprint density at radius 2 is 2.33 bits per heavy atom. The first-order valence-electron chi connectivity index (χ1n) is 6.11. The second-order valence-corrected chi connectivity index (χ2v) is 5.85. The molecule has 5 heteroatoms. The molecule has 0 radical (unpaired) electrons. The van der Waals surface area contributed by atoms with Crippen molar-refractivity contribution in [3.8, 4) is 0 Å². The number of amides is 1. The highest BCUT2D eigenvalue weighted by Gasteiger charge is 2.17. The van der Waals surface area contributed by atoms with Crippen LogP contribution in [-0.2, 0) is 0 Å². The molecule has 1 unspecified atom stereocenters. The van der Waals surface area contributed by atoms with Crippen LogP contribution in [0.3, 0.4) is 0 Å². The summed E-state index contributed by atoms with van der Waals surface area (Å²) in [5.41, 5.74) is 5.97. The van der Waals surface area contributed by atoms with Crippen LogP contribution in [0.25, 0.3) is 0 Å². The van der Waals surface area contributed by atoms with Crippen LogP contribution in [0.2, 0.25) is 0 Å². The summed E-state index contributed by atoms with van der Waals surface area (Å²) in [6.45, 7) is 0.595. The fourth-order valence-electron chi connectivity index (χ4n) is 1.99. The summed E-state index contributed by atoms with van der Waals surface area (Å²) >= 11 is 1.87. The number of thioether (sulfide) groups is 1. The molecule has 3 nitrogen and oxygen atoms in total. The molecule has 1 aliphatic heterocycles. The minimum absolute atomic E-state index is 0.0239. The number of rotatable bonds is 3. The molecule has 1 fully saturated rings. The van der Waals surface area contributed by atoms with Crippen molar-refractivity contribution >= 4 is 23.4 Å². The highest BCUT2D eigenvalue weighted by atomic mass is 32.2. The summed E-state index contributed by atoms with van der Waals surface area (Å²) in [5.74, 6) is 0.233. The van der Waals surface area contributed by atoms with E-state index in [-0.39, 0.29) is 11.5 Å². The summed E-state index contributed by atoms with van der Waals surface area (Å²) in [7, 11) is 0. The van der Waals surface area contributed by atoms with Gasteiger partial charge in [-0.1, -0.05) is 6.42 Å². The molecule has 1 atom stereocenters. The molecule has 1 saturated heterocycles. The third-order valence-corrected chi connectivity index (χ3v) is 4.40.